The number of methoxy groups -OCH3 is 2. The highest BCUT2D eigenvalue weighted by molar-refractivity contribution is 5.77. The third-order valence-electron chi connectivity index (χ3n) is 1.56. The monoisotopic (exact) mass is 191 g/mol. The fourth-order valence-corrected chi connectivity index (χ4v) is 0.807. The SMILES string of the molecule is COCCN(CCOC)C(N)=NO. The molecule has 0 unspecified atom stereocenters. The van der Waals surface area contributed by atoms with Crippen LogP contribution in [-0.2, 0) is 9.47 Å². The van der Waals surface area contributed by atoms with Crippen LogP contribution in [0.5, 0.6) is 0 Å². The highest BCUT2D eigenvalue weighted by atomic mass is 16.5. The van der Waals surface area contributed by atoms with Crippen LogP contribution in [0.2, 0.25) is 0 Å². The lowest BCUT2D eigenvalue weighted by molar-refractivity contribution is 0.143. The summed E-state index contributed by atoms with van der Waals surface area (Å²) < 4.78 is 9.74. The molecule has 0 amide bonds. The smallest absolute Gasteiger partial charge is 0.233 e. The van der Waals surface area contributed by atoms with Crippen molar-refractivity contribution in [3.05, 3.63) is 0 Å². The first-order chi connectivity index (χ1) is 6.26. The van der Waals surface area contributed by atoms with Crippen molar-refractivity contribution in [2.75, 3.05) is 40.5 Å². The second-order valence-electron chi connectivity index (χ2n) is 2.43. The Morgan fingerprint density at radius 3 is 2.08 bits per heavy atom. The Labute approximate surface area is 77.9 Å². The first-order valence-electron chi connectivity index (χ1n) is 3.96. The number of nitrogens with two attached hydrogens (primary N) is 1. The maximum absolute atomic E-state index is 8.44. The van der Waals surface area contributed by atoms with Crippen LogP contribution >= 0.6 is 0 Å². The zero-order valence-corrected chi connectivity index (χ0v) is 8.06. The topological polar surface area (TPSA) is 80.3 Å². The van der Waals surface area contributed by atoms with Crippen LogP contribution in [0.4, 0.5) is 0 Å². The Morgan fingerprint density at radius 2 is 1.77 bits per heavy atom. The van der Waals surface area contributed by atoms with Crippen molar-refractivity contribution in [2.45, 2.75) is 0 Å². The predicted octanol–water partition coefficient (Wildman–Crippen LogP) is -0.715. The molecular weight excluding hydrogens is 174 g/mol. The molecule has 0 aromatic rings. The lowest BCUT2D eigenvalue weighted by Gasteiger charge is -2.21. The highest BCUT2D eigenvalue weighted by Gasteiger charge is 2.06. The van der Waals surface area contributed by atoms with E-state index < -0.39 is 0 Å². The zero-order valence-electron chi connectivity index (χ0n) is 8.06. The first kappa shape index (κ1) is 12.0. The van der Waals surface area contributed by atoms with Gasteiger partial charge in [0.1, 0.15) is 0 Å². The van der Waals surface area contributed by atoms with Crippen LogP contribution in [0.25, 0.3) is 0 Å². The standard InChI is InChI=1S/C7H17N3O3/c1-12-5-3-10(4-6-13-2)7(8)9-11/h11H,3-6H2,1-2H3,(H2,8,9). The molecule has 3 N–H and O–H groups in total. The molecule has 0 radical (unpaired) electrons. The first-order valence-corrected chi connectivity index (χ1v) is 3.96. The highest BCUT2D eigenvalue weighted by Crippen LogP contribution is 1.88. The van der Waals surface area contributed by atoms with Gasteiger partial charge >= 0.3 is 0 Å². The van der Waals surface area contributed by atoms with Gasteiger partial charge in [-0.25, -0.2) is 0 Å². The summed E-state index contributed by atoms with van der Waals surface area (Å²) in [6, 6.07) is 0. The Hall–Kier alpha value is -1.01. The van der Waals surface area contributed by atoms with E-state index in [-0.39, 0.29) is 5.96 Å². The van der Waals surface area contributed by atoms with Gasteiger partial charge in [-0.1, -0.05) is 5.16 Å². The van der Waals surface area contributed by atoms with Gasteiger partial charge in [0.05, 0.1) is 13.2 Å². The van der Waals surface area contributed by atoms with Gasteiger partial charge in [-0.05, 0) is 0 Å². The van der Waals surface area contributed by atoms with Gasteiger partial charge in [0.25, 0.3) is 0 Å². The summed E-state index contributed by atoms with van der Waals surface area (Å²) in [5, 5.41) is 11.3. The second-order valence-corrected chi connectivity index (χ2v) is 2.43. The summed E-state index contributed by atoms with van der Waals surface area (Å²) in [5.74, 6) is 0.0779. The lowest BCUT2D eigenvalue weighted by Crippen LogP contribution is -2.41. The zero-order chi connectivity index (χ0) is 10.1. The molecule has 0 bridgehead atoms. The summed E-state index contributed by atoms with van der Waals surface area (Å²) in [4.78, 5) is 1.67. The van der Waals surface area contributed by atoms with E-state index in [2.05, 4.69) is 5.16 Å². The van der Waals surface area contributed by atoms with Gasteiger partial charge in [-0.2, -0.15) is 0 Å². The van der Waals surface area contributed by atoms with Crippen LogP contribution in [-0.4, -0.2) is 56.6 Å². The number of guanidine groups is 1. The summed E-state index contributed by atoms with van der Waals surface area (Å²) in [6.45, 7) is 2.21. The quantitative estimate of drug-likeness (QED) is 0.251. The number of oxime groups is 1. The third kappa shape index (κ3) is 5.26. The molecule has 6 heteroatoms. The van der Waals surface area contributed by atoms with E-state index in [1.165, 1.54) is 0 Å². The molecule has 0 aromatic carbocycles. The van der Waals surface area contributed by atoms with Gasteiger partial charge in [0.15, 0.2) is 0 Å². The van der Waals surface area contributed by atoms with Crippen LogP contribution in [0.3, 0.4) is 0 Å². The van der Waals surface area contributed by atoms with Crippen molar-refractivity contribution in [1.82, 2.24) is 4.90 Å². The molecule has 0 heterocycles. The maximum Gasteiger partial charge on any atom is 0.233 e. The van der Waals surface area contributed by atoms with E-state index >= 15 is 0 Å². The van der Waals surface area contributed by atoms with Crippen molar-refractivity contribution in [2.24, 2.45) is 10.9 Å². The van der Waals surface area contributed by atoms with E-state index in [4.69, 9.17) is 20.4 Å². The molecule has 0 atom stereocenters. The number of hydrogen-bond donors (Lipinski definition) is 2. The largest absolute Gasteiger partial charge is 0.408 e. The molecule has 0 rings (SSSR count). The third-order valence-corrected chi connectivity index (χ3v) is 1.56. The normalized spacial score (nSPS) is 11.7. The van der Waals surface area contributed by atoms with Crippen molar-refractivity contribution in [1.29, 1.82) is 0 Å². The van der Waals surface area contributed by atoms with Crippen molar-refractivity contribution in [3.63, 3.8) is 0 Å². The molecule has 0 spiro atoms. The predicted molar refractivity (Wildman–Crippen MR) is 48.7 cm³/mol. The Kier molecular flexibility index (Phi) is 7.04. The summed E-state index contributed by atoms with van der Waals surface area (Å²) in [7, 11) is 3.20. The van der Waals surface area contributed by atoms with Gasteiger partial charge in [-0.15, -0.1) is 0 Å². The fourth-order valence-electron chi connectivity index (χ4n) is 0.807. The van der Waals surface area contributed by atoms with E-state index in [9.17, 15) is 0 Å². The number of rotatable bonds is 6. The molecule has 6 nitrogen and oxygen atoms in total. The lowest BCUT2D eigenvalue weighted by atomic mass is 10.5. The van der Waals surface area contributed by atoms with E-state index in [1.807, 2.05) is 0 Å². The minimum absolute atomic E-state index is 0.0779. The van der Waals surface area contributed by atoms with Gasteiger partial charge < -0.3 is 25.3 Å². The van der Waals surface area contributed by atoms with Crippen molar-refractivity contribution < 1.29 is 14.7 Å². The Bertz CT molecular complexity index is 144. The van der Waals surface area contributed by atoms with E-state index in [1.54, 1.807) is 19.1 Å². The van der Waals surface area contributed by atoms with E-state index in [0.29, 0.717) is 26.3 Å². The molecule has 0 aromatic heterocycles. The van der Waals surface area contributed by atoms with Crippen molar-refractivity contribution in [3.8, 4) is 0 Å². The Balaban J connectivity index is 3.87. The molecular formula is C7H17N3O3. The molecule has 0 fully saturated rings. The minimum atomic E-state index is 0.0779. The number of hydrogen-bond acceptors (Lipinski definition) is 4. The molecule has 78 valence electrons. The fraction of sp³-hybridized carbons (Fsp3) is 0.857. The van der Waals surface area contributed by atoms with Crippen LogP contribution in [0.1, 0.15) is 0 Å². The number of nitrogens with zero attached hydrogens (tertiary/aromatic N) is 2. The second kappa shape index (κ2) is 7.63. The van der Waals surface area contributed by atoms with Gasteiger partial charge in [0.2, 0.25) is 5.96 Å². The average molecular weight is 191 g/mol. The van der Waals surface area contributed by atoms with Gasteiger partial charge in [0, 0.05) is 27.3 Å². The molecule has 0 aliphatic heterocycles. The minimum Gasteiger partial charge on any atom is -0.408 e. The molecule has 13 heavy (non-hydrogen) atoms. The average Bonchev–Trinajstić information content (AvgIpc) is 2.17. The number of ether oxygens (including phenoxy) is 2. The van der Waals surface area contributed by atoms with Crippen LogP contribution in [0, 0.1) is 0 Å². The molecule has 0 aliphatic carbocycles. The summed E-state index contributed by atoms with van der Waals surface area (Å²) >= 11 is 0. The molecule has 0 saturated heterocycles. The Morgan fingerprint density at radius 1 is 1.31 bits per heavy atom. The van der Waals surface area contributed by atoms with E-state index in [0.717, 1.165) is 0 Å². The molecule has 0 saturated carbocycles. The summed E-state index contributed by atoms with van der Waals surface area (Å²) in [6.07, 6.45) is 0. The van der Waals surface area contributed by atoms with Crippen LogP contribution < -0.4 is 5.73 Å². The van der Waals surface area contributed by atoms with Crippen LogP contribution in [0.15, 0.2) is 5.16 Å². The summed E-state index contributed by atoms with van der Waals surface area (Å²) in [5.41, 5.74) is 5.41. The van der Waals surface area contributed by atoms with Gasteiger partial charge in [-0.3, -0.25) is 0 Å². The maximum atomic E-state index is 8.44. The molecule has 0 aliphatic rings. The van der Waals surface area contributed by atoms with Crippen molar-refractivity contribution >= 4 is 5.96 Å².